The van der Waals surface area contributed by atoms with Gasteiger partial charge in [-0.3, -0.25) is 14.5 Å². The van der Waals surface area contributed by atoms with Crippen LogP contribution >= 0.6 is 23.2 Å². The largest absolute Gasteiger partial charge is 0.346 e. The molecule has 2 rings (SSSR count). The van der Waals surface area contributed by atoms with E-state index in [0.717, 1.165) is 22.4 Å². The van der Waals surface area contributed by atoms with E-state index < -0.39 is 0 Å². The van der Waals surface area contributed by atoms with Gasteiger partial charge in [-0.25, -0.2) is 0 Å². The van der Waals surface area contributed by atoms with Crippen molar-refractivity contribution in [3.63, 3.8) is 0 Å². The number of halogens is 2. The van der Waals surface area contributed by atoms with Crippen molar-refractivity contribution in [2.75, 3.05) is 25.5 Å². The van der Waals surface area contributed by atoms with Crippen LogP contribution in [-0.4, -0.2) is 36.9 Å². The van der Waals surface area contributed by atoms with Crippen molar-refractivity contribution in [3.05, 3.63) is 63.1 Å². The summed E-state index contributed by atoms with van der Waals surface area (Å²) in [7, 11) is 1.81. The van der Waals surface area contributed by atoms with Gasteiger partial charge in [0.15, 0.2) is 0 Å². The molecule has 2 aromatic carbocycles. The Morgan fingerprint density at radius 3 is 2.33 bits per heavy atom. The second-order valence-electron chi connectivity index (χ2n) is 6.50. The first kappa shape index (κ1) is 21.2. The minimum Gasteiger partial charge on any atom is -0.346 e. The first-order valence-electron chi connectivity index (χ1n) is 8.51. The van der Waals surface area contributed by atoms with Gasteiger partial charge in [-0.05, 0) is 49.7 Å². The Labute approximate surface area is 169 Å². The number of nitrogens with one attached hydrogen (secondary N) is 2. The summed E-state index contributed by atoms with van der Waals surface area (Å²) in [5, 5.41) is 6.60. The van der Waals surface area contributed by atoms with Crippen molar-refractivity contribution in [1.29, 1.82) is 0 Å². The van der Waals surface area contributed by atoms with Crippen LogP contribution in [0.5, 0.6) is 0 Å². The van der Waals surface area contributed by atoms with Crippen LogP contribution in [0.2, 0.25) is 10.0 Å². The zero-order chi connectivity index (χ0) is 20.0. The molecule has 144 valence electrons. The number of anilines is 1. The molecule has 5 nitrogen and oxygen atoms in total. The number of carbonyl (C=O) groups is 2. The Bertz CT molecular complexity index is 820. The summed E-state index contributed by atoms with van der Waals surface area (Å²) in [6.07, 6.45) is 0. The maximum atomic E-state index is 12.1. The number of aryl methyl sites for hydroxylation is 2. The lowest BCUT2D eigenvalue weighted by molar-refractivity contribution is -0.124. The zero-order valence-electron chi connectivity index (χ0n) is 15.6. The van der Waals surface area contributed by atoms with E-state index in [4.69, 9.17) is 23.2 Å². The van der Waals surface area contributed by atoms with Crippen LogP contribution in [0, 0.1) is 13.8 Å². The minimum absolute atomic E-state index is 0.0812. The third-order valence-corrected chi connectivity index (χ3v) is 4.65. The Kier molecular flexibility index (Phi) is 7.66. The Balaban J connectivity index is 1.80. The summed E-state index contributed by atoms with van der Waals surface area (Å²) in [4.78, 5) is 26.0. The quantitative estimate of drug-likeness (QED) is 0.733. The fourth-order valence-electron chi connectivity index (χ4n) is 2.67. The summed E-state index contributed by atoms with van der Waals surface area (Å²) in [5.74, 6) is -0.497. The third-order valence-electron chi connectivity index (χ3n) is 4.06. The number of likely N-dealkylation sites (N-methyl/N-ethyl adjacent to an activating group) is 1. The van der Waals surface area contributed by atoms with E-state index in [0.29, 0.717) is 16.6 Å². The lowest BCUT2D eigenvalue weighted by atomic mass is 10.1. The average Bonchev–Trinajstić information content (AvgIpc) is 2.59. The van der Waals surface area contributed by atoms with Gasteiger partial charge >= 0.3 is 0 Å². The van der Waals surface area contributed by atoms with Crippen LogP contribution in [0.4, 0.5) is 5.69 Å². The van der Waals surface area contributed by atoms with E-state index in [1.54, 1.807) is 19.2 Å². The molecular weight excluding hydrogens is 385 g/mol. The second-order valence-corrected chi connectivity index (χ2v) is 7.34. The standard InChI is InChI=1S/C20H23Cl2N3O2/c1-13-5-4-6-14(2)20(13)24-18(26)10-23-19(27)12-25(3)11-15-7-8-16(21)9-17(15)22/h4-9H,10-12H2,1-3H3,(H,23,27)(H,24,26). The van der Waals surface area contributed by atoms with Crippen molar-refractivity contribution < 1.29 is 9.59 Å². The van der Waals surface area contributed by atoms with Crippen molar-refractivity contribution in [2.45, 2.75) is 20.4 Å². The van der Waals surface area contributed by atoms with Crippen LogP contribution in [-0.2, 0) is 16.1 Å². The molecule has 0 aliphatic rings. The number of carbonyl (C=O) groups excluding carboxylic acids is 2. The minimum atomic E-state index is -0.260. The summed E-state index contributed by atoms with van der Waals surface area (Å²) in [6, 6.07) is 11.1. The fourth-order valence-corrected chi connectivity index (χ4v) is 3.14. The SMILES string of the molecule is Cc1cccc(C)c1NC(=O)CNC(=O)CN(C)Cc1ccc(Cl)cc1Cl. The lowest BCUT2D eigenvalue weighted by Crippen LogP contribution is -2.39. The molecule has 2 amide bonds. The molecular formula is C20H23Cl2N3O2. The van der Waals surface area contributed by atoms with E-state index in [1.165, 1.54) is 0 Å². The van der Waals surface area contributed by atoms with Crippen LogP contribution in [0.15, 0.2) is 36.4 Å². The molecule has 0 spiro atoms. The fraction of sp³-hybridized carbons (Fsp3) is 0.300. The molecule has 0 saturated heterocycles. The number of para-hydroxylation sites is 1. The Morgan fingerprint density at radius 2 is 1.70 bits per heavy atom. The molecule has 0 aliphatic heterocycles. The van der Waals surface area contributed by atoms with Crippen LogP contribution in [0.1, 0.15) is 16.7 Å². The van der Waals surface area contributed by atoms with E-state index >= 15 is 0 Å². The van der Waals surface area contributed by atoms with Crippen molar-refractivity contribution >= 4 is 40.7 Å². The molecule has 0 radical (unpaired) electrons. The molecule has 0 aliphatic carbocycles. The predicted molar refractivity (Wildman–Crippen MR) is 110 cm³/mol. The highest BCUT2D eigenvalue weighted by atomic mass is 35.5. The monoisotopic (exact) mass is 407 g/mol. The molecule has 0 saturated carbocycles. The summed E-state index contributed by atoms with van der Waals surface area (Å²) in [5.41, 5.74) is 3.62. The maximum Gasteiger partial charge on any atom is 0.243 e. The smallest absolute Gasteiger partial charge is 0.243 e. The van der Waals surface area contributed by atoms with Crippen molar-refractivity contribution in [3.8, 4) is 0 Å². The number of benzene rings is 2. The van der Waals surface area contributed by atoms with Gasteiger partial charge in [0.25, 0.3) is 0 Å². The van der Waals surface area contributed by atoms with Crippen LogP contribution in [0.3, 0.4) is 0 Å². The Hall–Kier alpha value is -2.08. The van der Waals surface area contributed by atoms with Gasteiger partial charge in [0.05, 0.1) is 13.1 Å². The molecule has 0 unspecified atom stereocenters. The first-order chi connectivity index (χ1) is 12.8. The average molecular weight is 408 g/mol. The van der Waals surface area contributed by atoms with Crippen LogP contribution < -0.4 is 10.6 Å². The molecule has 2 N–H and O–H groups in total. The molecule has 27 heavy (non-hydrogen) atoms. The number of amides is 2. The number of hydrogen-bond donors (Lipinski definition) is 2. The summed E-state index contributed by atoms with van der Waals surface area (Å²) < 4.78 is 0. The van der Waals surface area contributed by atoms with Gasteiger partial charge in [-0.15, -0.1) is 0 Å². The maximum absolute atomic E-state index is 12.1. The predicted octanol–water partition coefficient (Wildman–Crippen LogP) is 3.80. The summed E-state index contributed by atoms with van der Waals surface area (Å²) >= 11 is 12.0. The zero-order valence-corrected chi connectivity index (χ0v) is 17.1. The van der Waals surface area contributed by atoms with Crippen molar-refractivity contribution in [2.24, 2.45) is 0 Å². The number of nitrogens with zero attached hydrogens (tertiary/aromatic N) is 1. The van der Waals surface area contributed by atoms with Gasteiger partial charge in [0, 0.05) is 22.3 Å². The molecule has 0 bridgehead atoms. The number of rotatable bonds is 7. The Morgan fingerprint density at radius 1 is 1.04 bits per heavy atom. The highest BCUT2D eigenvalue weighted by Crippen LogP contribution is 2.22. The van der Waals surface area contributed by atoms with E-state index in [2.05, 4.69) is 10.6 Å². The topological polar surface area (TPSA) is 61.4 Å². The lowest BCUT2D eigenvalue weighted by Gasteiger charge is -2.17. The van der Waals surface area contributed by atoms with Crippen molar-refractivity contribution in [1.82, 2.24) is 10.2 Å². The third kappa shape index (κ3) is 6.54. The first-order valence-corrected chi connectivity index (χ1v) is 9.27. The second kappa shape index (κ2) is 9.74. The molecule has 0 fully saturated rings. The van der Waals surface area contributed by atoms with Gasteiger partial charge in [-0.1, -0.05) is 47.5 Å². The van der Waals surface area contributed by atoms with Gasteiger partial charge in [0.1, 0.15) is 0 Å². The molecule has 0 heterocycles. The molecule has 0 atom stereocenters. The molecule has 7 heteroatoms. The van der Waals surface area contributed by atoms with E-state index in [1.807, 2.05) is 43.0 Å². The highest BCUT2D eigenvalue weighted by Gasteiger charge is 2.12. The normalized spacial score (nSPS) is 10.7. The summed E-state index contributed by atoms with van der Waals surface area (Å²) in [6.45, 7) is 4.42. The van der Waals surface area contributed by atoms with Gasteiger partial charge in [-0.2, -0.15) is 0 Å². The van der Waals surface area contributed by atoms with Gasteiger partial charge in [0.2, 0.25) is 11.8 Å². The number of hydrogen-bond acceptors (Lipinski definition) is 3. The van der Waals surface area contributed by atoms with Crippen LogP contribution in [0.25, 0.3) is 0 Å². The highest BCUT2D eigenvalue weighted by molar-refractivity contribution is 6.35. The van der Waals surface area contributed by atoms with Gasteiger partial charge < -0.3 is 10.6 Å². The molecule has 2 aromatic rings. The van der Waals surface area contributed by atoms with E-state index in [-0.39, 0.29) is 24.9 Å². The van der Waals surface area contributed by atoms with E-state index in [9.17, 15) is 9.59 Å². The molecule has 0 aromatic heterocycles.